The number of carbonyl (C=O) groups excluding carboxylic acids is 1. The molecule has 3 atom stereocenters. The van der Waals surface area contributed by atoms with Crippen LogP contribution >= 0.6 is 11.6 Å². The molecule has 6 heteroatoms. The number of carbonyl (C=O) groups is 1. The van der Waals surface area contributed by atoms with E-state index < -0.39 is 5.38 Å². The molecule has 0 aromatic carbocycles. The summed E-state index contributed by atoms with van der Waals surface area (Å²) in [7, 11) is 0. The Morgan fingerprint density at radius 3 is 3.10 bits per heavy atom. The van der Waals surface area contributed by atoms with Crippen molar-refractivity contribution in [3.05, 3.63) is 18.0 Å². The van der Waals surface area contributed by atoms with Crippen molar-refractivity contribution in [2.24, 2.45) is 5.92 Å². The van der Waals surface area contributed by atoms with E-state index in [1.807, 2.05) is 16.9 Å². The molecule has 1 N–H and O–H groups in total. The summed E-state index contributed by atoms with van der Waals surface area (Å²) in [6, 6.07) is 1.97. The van der Waals surface area contributed by atoms with Crippen molar-refractivity contribution in [2.45, 2.75) is 50.3 Å². The highest BCUT2D eigenvalue weighted by Crippen LogP contribution is 2.34. The molecule has 5 nitrogen and oxygen atoms in total. The molecule has 110 valence electrons. The highest BCUT2D eigenvalue weighted by atomic mass is 35.5. The third-order valence-electron chi connectivity index (χ3n) is 3.95. The monoisotopic (exact) mass is 297 g/mol. The summed E-state index contributed by atoms with van der Waals surface area (Å²) >= 11 is 5.82. The van der Waals surface area contributed by atoms with Crippen molar-refractivity contribution >= 4 is 17.5 Å². The molecule has 2 fully saturated rings. The average molecular weight is 298 g/mol. The fraction of sp³-hybridized carbons (Fsp3) is 0.714. The Labute approximate surface area is 123 Å². The van der Waals surface area contributed by atoms with Gasteiger partial charge in [0, 0.05) is 19.3 Å². The lowest BCUT2D eigenvalue weighted by atomic mass is 10.1. The van der Waals surface area contributed by atoms with Crippen LogP contribution in [0.5, 0.6) is 0 Å². The van der Waals surface area contributed by atoms with Gasteiger partial charge >= 0.3 is 0 Å². The highest BCUT2D eigenvalue weighted by Gasteiger charge is 2.34. The molecule has 2 aliphatic rings. The van der Waals surface area contributed by atoms with E-state index in [9.17, 15) is 4.79 Å². The summed E-state index contributed by atoms with van der Waals surface area (Å²) in [5, 5.41) is 6.84. The highest BCUT2D eigenvalue weighted by molar-refractivity contribution is 6.30. The Bertz CT molecular complexity index is 485. The van der Waals surface area contributed by atoms with Crippen molar-refractivity contribution in [2.75, 3.05) is 6.61 Å². The van der Waals surface area contributed by atoms with Crippen LogP contribution in [-0.2, 0) is 16.1 Å². The number of nitrogens with one attached hydrogen (secondary N) is 1. The topological polar surface area (TPSA) is 56.1 Å². The maximum atomic E-state index is 11.8. The summed E-state index contributed by atoms with van der Waals surface area (Å²) < 4.78 is 7.84. The molecule has 0 spiro atoms. The van der Waals surface area contributed by atoms with Crippen molar-refractivity contribution in [1.82, 2.24) is 15.1 Å². The third kappa shape index (κ3) is 2.99. The van der Waals surface area contributed by atoms with Gasteiger partial charge in [0.2, 0.25) is 5.91 Å². The summed E-state index contributed by atoms with van der Waals surface area (Å²) in [6.45, 7) is 3.29. The number of hydrogen-bond acceptors (Lipinski definition) is 3. The van der Waals surface area contributed by atoms with E-state index in [2.05, 4.69) is 10.4 Å². The van der Waals surface area contributed by atoms with Crippen molar-refractivity contribution in [3.8, 4) is 0 Å². The summed E-state index contributed by atoms with van der Waals surface area (Å²) in [4.78, 5) is 11.8. The van der Waals surface area contributed by atoms with E-state index >= 15 is 0 Å². The largest absolute Gasteiger partial charge is 0.370 e. The zero-order chi connectivity index (χ0) is 14.1. The first-order valence-electron chi connectivity index (χ1n) is 7.23. The summed E-state index contributed by atoms with van der Waals surface area (Å²) in [6.07, 6.45) is 5.08. The quantitative estimate of drug-likeness (QED) is 0.844. The molecule has 0 radical (unpaired) electrons. The van der Waals surface area contributed by atoms with Crippen molar-refractivity contribution < 1.29 is 9.53 Å². The molecule has 0 bridgehead atoms. The van der Waals surface area contributed by atoms with Gasteiger partial charge in [-0.2, -0.15) is 5.10 Å². The van der Waals surface area contributed by atoms with Gasteiger partial charge in [0.1, 0.15) is 11.5 Å². The lowest BCUT2D eigenvalue weighted by molar-refractivity contribution is -0.121. The molecule has 1 saturated heterocycles. The number of alkyl halides is 1. The van der Waals surface area contributed by atoms with Crippen LogP contribution in [-0.4, -0.2) is 33.7 Å². The lowest BCUT2D eigenvalue weighted by Gasteiger charge is -2.21. The normalized spacial score (nSPS) is 27.5. The molecular weight excluding hydrogens is 278 g/mol. The van der Waals surface area contributed by atoms with Gasteiger partial charge < -0.3 is 10.1 Å². The predicted molar refractivity (Wildman–Crippen MR) is 75.5 cm³/mol. The molecule has 1 aliphatic carbocycles. The van der Waals surface area contributed by atoms with Crippen LogP contribution in [0.2, 0.25) is 0 Å². The molecule has 1 aliphatic heterocycles. The standard InChI is InChI=1S/C14H20ClN3O2/c1-9(15)14(19)17-11-5-7-20-13(11)12-4-6-16-18(12)8-10-2-3-10/h4,6,9-11,13H,2-3,5,7-8H2,1H3,(H,17,19)/t9?,11-,13-/m1/s1. The van der Waals surface area contributed by atoms with Crippen molar-refractivity contribution in [3.63, 3.8) is 0 Å². The Balaban J connectivity index is 1.71. The SMILES string of the molecule is CC(Cl)C(=O)N[C@@H]1CCO[C@H]1c1ccnn1CC1CC1. The first-order valence-corrected chi connectivity index (χ1v) is 7.66. The zero-order valence-corrected chi connectivity index (χ0v) is 12.3. The second-order valence-corrected chi connectivity index (χ2v) is 6.35. The number of hydrogen-bond donors (Lipinski definition) is 1. The van der Waals surface area contributed by atoms with Gasteiger partial charge in [-0.15, -0.1) is 11.6 Å². The zero-order valence-electron chi connectivity index (χ0n) is 11.6. The van der Waals surface area contributed by atoms with Gasteiger partial charge in [-0.3, -0.25) is 9.48 Å². The fourth-order valence-electron chi connectivity index (χ4n) is 2.61. The molecule has 1 saturated carbocycles. The minimum Gasteiger partial charge on any atom is -0.370 e. The molecule has 3 rings (SSSR count). The number of nitrogens with zero attached hydrogens (tertiary/aromatic N) is 2. The minimum absolute atomic E-state index is 0.0154. The maximum Gasteiger partial charge on any atom is 0.238 e. The molecule has 20 heavy (non-hydrogen) atoms. The van der Waals surface area contributed by atoms with E-state index in [0.717, 1.165) is 24.6 Å². The number of rotatable bonds is 5. The first-order chi connectivity index (χ1) is 9.65. The molecule has 2 heterocycles. The Kier molecular flexibility index (Phi) is 3.98. The van der Waals surface area contributed by atoms with Gasteiger partial charge in [-0.25, -0.2) is 0 Å². The summed E-state index contributed by atoms with van der Waals surface area (Å²) in [5.41, 5.74) is 1.06. The maximum absolute atomic E-state index is 11.8. The Hall–Kier alpha value is -1.07. The number of aromatic nitrogens is 2. The van der Waals surface area contributed by atoms with Crippen LogP contribution in [0.4, 0.5) is 0 Å². The molecule has 1 aromatic rings. The van der Waals surface area contributed by atoms with Gasteiger partial charge in [-0.1, -0.05) is 0 Å². The third-order valence-corrected chi connectivity index (χ3v) is 4.15. The number of ether oxygens (including phenoxy) is 1. The second-order valence-electron chi connectivity index (χ2n) is 5.69. The first kappa shape index (κ1) is 13.9. The van der Waals surface area contributed by atoms with Gasteiger partial charge in [-0.05, 0) is 38.2 Å². The van der Waals surface area contributed by atoms with Gasteiger partial charge in [0.05, 0.1) is 11.7 Å². The van der Waals surface area contributed by atoms with Crippen LogP contribution in [0.15, 0.2) is 12.3 Å². The van der Waals surface area contributed by atoms with Gasteiger partial charge in [0.25, 0.3) is 0 Å². The summed E-state index contributed by atoms with van der Waals surface area (Å²) in [5.74, 6) is 0.617. The smallest absolute Gasteiger partial charge is 0.238 e. The molecule has 1 unspecified atom stereocenters. The minimum atomic E-state index is -0.521. The van der Waals surface area contributed by atoms with E-state index in [-0.39, 0.29) is 18.1 Å². The molecule has 1 amide bonds. The van der Waals surface area contributed by atoms with E-state index in [1.54, 1.807) is 6.92 Å². The second kappa shape index (κ2) is 5.74. The van der Waals surface area contributed by atoms with E-state index in [1.165, 1.54) is 12.8 Å². The van der Waals surface area contributed by atoms with Crippen LogP contribution in [0, 0.1) is 5.92 Å². The van der Waals surface area contributed by atoms with E-state index in [4.69, 9.17) is 16.3 Å². The lowest BCUT2D eigenvalue weighted by Crippen LogP contribution is -2.40. The van der Waals surface area contributed by atoms with Crippen LogP contribution in [0.25, 0.3) is 0 Å². The number of amides is 1. The van der Waals surface area contributed by atoms with Crippen LogP contribution < -0.4 is 5.32 Å². The van der Waals surface area contributed by atoms with Gasteiger partial charge in [0.15, 0.2) is 0 Å². The van der Waals surface area contributed by atoms with E-state index in [0.29, 0.717) is 6.61 Å². The molecule has 1 aromatic heterocycles. The fourth-order valence-corrected chi connectivity index (χ4v) is 2.67. The average Bonchev–Trinajstić information content (AvgIpc) is 2.92. The van der Waals surface area contributed by atoms with Crippen molar-refractivity contribution in [1.29, 1.82) is 0 Å². The van der Waals surface area contributed by atoms with Crippen LogP contribution in [0.1, 0.15) is 38.0 Å². The predicted octanol–water partition coefficient (Wildman–Crippen LogP) is 1.87. The molecular formula is C14H20ClN3O2. The number of halogens is 1. The Morgan fingerprint density at radius 1 is 1.60 bits per heavy atom. The van der Waals surface area contributed by atoms with Crippen LogP contribution in [0.3, 0.4) is 0 Å². The Morgan fingerprint density at radius 2 is 2.40 bits per heavy atom.